The third kappa shape index (κ3) is 3.04. The highest BCUT2D eigenvalue weighted by molar-refractivity contribution is 5.70. The van der Waals surface area contributed by atoms with Crippen LogP contribution in [0.2, 0.25) is 0 Å². The van der Waals surface area contributed by atoms with Crippen molar-refractivity contribution in [1.82, 2.24) is 19.3 Å². The van der Waals surface area contributed by atoms with Gasteiger partial charge in [-0.3, -0.25) is 9.88 Å². The van der Waals surface area contributed by atoms with Crippen molar-refractivity contribution in [3.05, 3.63) is 84.1 Å². The van der Waals surface area contributed by atoms with Crippen molar-refractivity contribution < 1.29 is 4.74 Å². The fourth-order valence-corrected chi connectivity index (χ4v) is 4.05. The highest BCUT2D eigenvalue weighted by Gasteiger charge is 2.25. The smallest absolute Gasteiger partial charge is 0.136 e. The number of fused-ring (bicyclic) bond motifs is 2. The number of pyridine rings is 2. The van der Waals surface area contributed by atoms with E-state index in [0.717, 1.165) is 48.7 Å². The van der Waals surface area contributed by atoms with E-state index in [2.05, 4.69) is 38.7 Å². The largest absolute Gasteiger partial charge is 0.496 e. The van der Waals surface area contributed by atoms with Gasteiger partial charge in [0.05, 0.1) is 12.8 Å². The summed E-state index contributed by atoms with van der Waals surface area (Å²) < 4.78 is 7.72. The van der Waals surface area contributed by atoms with Crippen LogP contribution >= 0.6 is 0 Å². The average molecular weight is 370 g/mol. The lowest BCUT2D eigenvalue weighted by molar-refractivity contribution is 0.284. The van der Waals surface area contributed by atoms with E-state index in [1.165, 1.54) is 16.7 Å². The van der Waals surface area contributed by atoms with Crippen LogP contribution in [0, 0.1) is 0 Å². The molecule has 0 atom stereocenters. The van der Waals surface area contributed by atoms with Crippen molar-refractivity contribution in [2.45, 2.75) is 19.5 Å². The van der Waals surface area contributed by atoms with E-state index in [1.54, 1.807) is 7.11 Å². The second-order valence-electron chi connectivity index (χ2n) is 7.17. The molecule has 5 heteroatoms. The lowest BCUT2D eigenvalue weighted by atomic mass is 9.97. The molecule has 0 spiro atoms. The Morgan fingerprint density at radius 2 is 1.96 bits per heavy atom. The molecule has 0 saturated carbocycles. The molecule has 5 rings (SSSR count). The van der Waals surface area contributed by atoms with E-state index in [-0.39, 0.29) is 0 Å². The second kappa shape index (κ2) is 7.09. The summed E-state index contributed by atoms with van der Waals surface area (Å²) in [6, 6.07) is 14.4. The molecule has 0 aliphatic carbocycles. The Balaban J connectivity index is 1.38. The van der Waals surface area contributed by atoms with Gasteiger partial charge in [0, 0.05) is 62.0 Å². The summed E-state index contributed by atoms with van der Waals surface area (Å²) in [6.45, 7) is 2.79. The summed E-state index contributed by atoms with van der Waals surface area (Å²) in [7, 11) is 1.75. The van der Waals surface area contributed by atoms with Gasteiger partial charge < -0.3 is 9.14 Å². The van der Waals surface area contributed by atoms with Crippen LogP contribution in [0.5, 0.6) is 5.75 Å². The Labute approximate surface area is 164 Å². The summed E-state index contributed by atoms with van der Waals surface area (Å²) in [6.07, 6.45) is 8.85. The van der Waals surface area contributed by atoms with E-state index in [9.17, 15) is 0 Å². The first-order chi connectivity index (χ1) is 13.8. The fourth-order valence-electron chi connectivity index (χ4n) is 4.05. The number of imidazole rings is 1. The quantitative estimate of drug-likeness (QED) is 0.533. The molecule has 0 radical (unpaired) electrons. The van der Waals surface area contributed by atoms with Crippen LogP contribution in [-0.2, 0) is 19.5 Å². The molecule has 4 aromatic rings. The molecule has 0 fully saturated rings. The average Bonchev–Trinajstić information content (AvgIpc) is 3.36. The third-order valence-electron chi connectivity index (χ3n) is 5.44. The monoisotopic (exact) mass is 370 g/mol. The standard InChI is InChI=1S/C23H22N4O/c1-28-22-8-7-19(17-5-4-10-24-13-17)20-15-26(16-21(20)22)12-9-18-14-27-11-3-2-6-23(27)25-18/h2-8,10-11,13-14H,9,12,15-16H2,1H3. The Bertz CT molecular complexity index is 1090. The maximum absolute atomic E-state index is 5.64. The molecule has 28 heavy (non-hydrogen) atoms. The second-order valence-corrected chi connectivity index (χ2v) is 7.17. The Morgan fingerprint density at radius 1 is 1.04 bits per heavy atom. The lowest BCUT2D eigenvalue weighted by Crippen LogP contribution is -2.19. The molecular weight excluding hydrogens is 348 g/mol. The normalized spacial score (nSPS) is 13.8. The molecule has 5 nitrogen and oxygen atoms in total. The highest BCUT2D eigenvalue weighted by Crippen LogP contribution is 2.37. The number of aromatic nitrogens is 3. The SMILES string of the molecule is COc1ccc(-c2cccnc2)c2c1CN(CCc1cn3ccccc3n1)C2. The zero-order valence-corrected chi connectivity index (χ0v) is 15.9. The molecule has 3 aromatic heterocycles. The number of methoxy groups -OCH3 is 1. The van der Waals surface area contributed by atoms with Crippen molar-refractivity contribution in [3.8, 4) is 16.9 Å². The van der Waals surface area contributed by atoms with Crippen LogP contribution in [0.1, 0.15) is 16.8 Å². The van der Waals surface area contributed by atoms with Gasteiger partial charge in [-0.05, 0) is 35.4 Å². The molecule has 0 bridgehead atoms. The lowest BCUT2D eigenvalue weighted by Gasteiger charge is -2.13. The van der Waals surface area contributed by atoms with Crippen LogP contribution in [0.3, 0.4) is 0 Å². The van der Waals surface area contributed by atoms with E-state index in [4.69, 9.17) is 9.72 Å². The fraction of sp³-hybridized carbons (Fsp3) is 0.217. The molecular formula is C23H22N4O. The minimum absolute atomic E-state index is 0.903. The predicted octanol–water partition coefficient (Wildman–Crippen LogP) is 3.96. The molecule has 1 aliphatic rings. The van der Waals surface area contributed by atoms with Crippen LogP contribution in [0.4, 0.5) is 0 Å². The van der Waals surface area contributed by atoms with Crippen molar-refractivity contribution in [1.29, 1.82) is 0 Å². The van der Waals surface area contributed by atoms with Gasteiger partial charge in [0.2, 0.25) is 0 Å². The van der Waals surface area contributed by atoms with Gasteiger partial charge in [-0.25, -0.2) is 4.98 Å². The van der Waals surface area contributed by atoms with E-state index < -0.39 is 0 Å². The minimum Gasteiger partial charge on any atom is -0.496 e. The summed E-state index contributed by atoms with van der Waals surface area (Å²) in [5.41, 5.74) is 7.17. The molecule has 0 amide bonds. The summed E-state index contributed by atoms with van der Waals surface area (Å²) in [5.74, 6) is 0.970. The van der Waals surface area contributed by atoms with Crippen molar-refractivity contribution in [2.24, 2.45) is 0 Å². The van der Waals surface area contributed by atoms with Gasteiger partial charge in [-0.15, -0.1) is 0 Å². The Hall–Kier alpha value is -3.18. The summed E-state index contributed by atoms with van der Waals surface area (Å²) >= 11 is 0. The topological polar surface area (TPSA) is 42.7 Å². The molecule has 0 unspecified atom stereocenters. The predicted molar refractivity (Wildman–Crippen MR) is 109 cm³/mol. The van der Waals surface area contributed by atoms with Gasteiger partial charge in [0.1, 0.15) is 11.4 Å². The number of ether oxygens (including phenoxy) is 1. The zero-order valence-electron chi connectivity index (χ0n) is 15.9. The van der Waals surface area contributed by atoms with Gasteiger partial charge in [0.15, 0.2) is 0 Å². The van der Waals surface area contributed by atoms with Crippen molar-refractivity contribution in [3.63, 3.8) is 0 Å². The first-order valence-corrected chi connectivity index (χ1v) is 9.56. The molecule has 140 valence electrons. The van der Waals surface area contributed by atoms with E-state index >= 15 is 0 Å². The Morgan fingerprint density at radius 3 is 2.79 bits per heavy atom. The van der Waals surface area contributed by atoms with Gasteiger partial charge in [0.25, 0.3) is 0 Å². The van der Waals surface area contributed by atoms with Gasteiger partial charge in [-0.2, -0.15) is 0 Å². The number of benzene rings is 1. The van der Waals surface area contributed by atoms with Crippen LogP contribution in [-0.4, -0.2) is 32.9 Å². The highest BCUT2D eigenvalue weighted by atomic mass is 16.5. The number of hydrogen-bond donors (Lipinski definition) is 0. The molecule has 1 aromatic carbocycles. The van der Waals surface area contributed by atoms with Gasteiger partial charge >= 0.3 is 0 Å². The van der Waals surface area contributed by atoms with Crippen LogP contribution in [0.15, 0.2) is 67.3 Å². The zero-order chi connectivity index (χ0) is 18.9. The van der Waals surface area contributed by atoms with E-state index in [0.29, 0.717) is 0 Å². The summed E-state index contributed by atoms with van der Waals surface area (Å²) in [4.78, 5) is 11.5. The van der Waals surface area contributed by atoms with Crippen molar-refractivity contribution in [2.75, 3.05) is 13.7 Å². The first kappa shape index (κ1) is 17.0. The van der Waals surface area contributed by atoms with E-state index in [1.807, 2.05) is 42.9 Å². The minimum atomic E-state index is 0.903. The van der Waals surface area contributed by atoms with Crippen LogP contribution in [0.25, 0.3) is 16.8 Å². The summed E-state index contributed by atoms with van der Waals surface area (Å²) in [5, 5.41) is 0. The Kier molecular flexibility index (Phi) is 4.29. The number of hydrogen-bond acceptors (Lipinski definition) is 4. The molecule has 0 saturated heterocycles. The number of nitrogens with zero attached hydrogens (tertiary/aromatic N) is 4. The molecule has 4 heterocycles. The molecule has 1 aliphatic heterocycles. The first-order valence-electron chi connectivity index (χ1n) is 9.56. The maximum atomic E-state index is 5.64. The van der Waals surface area contributed by atoms with Crippen LogP contribution < -0.4 is 4.74 Å². The number of rotatable bonds is 5. The third-order valence-corrected chi connectivity index (χ3v) is 5.44. The molecule has 0 N–H and O–H groups in total. The maximum Gasteiger partial charge on any atom is 0.136 e. The van der Waals surface area contributed by atoms with Gasteiger partial charge in [-0.1, -0.05) is 18.2 Å². The van der Waals surface area contributed by atoms with Crippen molar-refractivity contribution >= 4 is 5.65 Å².